The van der Waals surface area contributed by atoms with Crippen LogP contribution in [0.4, 0.5) is 0 Å². The smallest absolute Gasteiger partial charge is 0.232 e. The molecule has 1 rings (SSSR count). The summed E-state index contributed by atoms with van der Waals surface area (Å²) < 4.78 is 5.26. The molecule has 0 aliphatic heterocycles. The van der Waals surface area contributed by atoms with Crippen LogP contribution < -0.4 is 4.74 Å². The highest BCUT2D eigenvalue weighted by atomic mass is 32.2. The van der Waals surface area contributed by atoms with E-state index in [4.69, 9.17) is 4.74 Å². The van der Waals surface area contributed by atoms with Crippen LogP contribution in [-0.2, 0) is 11.3 Å². The van der Waals surface area contributed by atoms with E-state index in [2.05, 4.69) is 20.8 Å². The van der Waals surface area contributed by atoms with Crippen LogP contribution in [0.25, 0.3) is 0 Å². The number of nitrogens with zero attached hydrogens (tertiary/aromatic N) is 1. The topological polar surface area (TPSA) is 29.5 Å². The average molecular weight is 295 g/mol. The Bertz CT molecular complexity index is 423. The minimum absolute atomic E-state index is 0.120. The Hall–Kier alpha value is -1.16. The zero-order valence-corrected chi connectivity index (χ0v) is 13.9. The molecule has 112 valence electrons. The second kappa shape index (κ2) is 7.58. The van der Waals surface area contributed by atoms with E-state index in [1.807, 2.05) is 36.1 Å². The third-order valence-electron chi connectivity index (χ3n) is 2.90. The van der Waals surface area contributed by atoms with Gasteiger partial charge in [-0.25, -0.2) is 0 Å². The van der Waals surface area contributed by atoms with Gasteiger partial charge in [-0.15, -0.1) is 11.8 Å². The molecular formula is C16H25NO2S. The van der Waals surface area contributed by atoms with Gasteiger partial charge in [-0.05, 0) is 24.6 Å². The van der Waals surface area contributed by atoms with Crippen molar-refractivity contribution in [2.75, 3.05) is 19.4 Å². The van der Waals surface area contributed by atoms with Crippen molar-refractivity contribution in [3.63, 3.8) is 0 Å². The molecule has 0 aliphatic rings. The van der Waals surface area contributed by atoms with Crippen molar-refractivity contribution in [3.05, 3.63) is 29.8 Å². The maximum Gasteiger partial charge on any atom is 0.232 e. The van der Waals surface area contributed by atoms with E-state index in [1.54, 1.807) is 18.9 Å². The van der Waals surface area contributed by atoms with E-state index in [0.717, 1.165) is 17.9 Å². The third kappa shape index (κ3) is 5.87. The van der Waals surface area contributed by atoms with Gasteiger partial charge in [0.15, 0.2) is 0 Å². The van der Waals surface area contributed by atoms with Gasteiger partial charge in [-0.2, -0.15) is 0 Å². The second-order valence-electron chi connectivity index (χ2n) is 5.66. The van der Waals surface area contributed by atoms with Crippen molar-refractivity contribution in [2.24, 2.45) is 0 Å². The van der Waals surface area contributed by atoms with Crippen molar-refractivity contribution in [2.45, 2.75) is 39.0 Å². The van der Waals surface area contributed by atoms with Gasteiger partial charge in [0.25, 0.3) is 0 Å². The second-order valence-corrected chi connectivity index (χ2v) is 7.46. The molecular weight excluding hydrogens is 270 g/mol. The maximum atomic E-state index is 12.2. The van der Waals surface area contributed by atoms with Gasteiger partial charge in [0.05, 0.1) is 12.9 Å². The van der Waals surface area contributed by atoms with E-state index >= 15 is 0 Å². The molecule has 0 aromatic heterocycles. The molecule has 0 atom stereocenters. The highest BCUT2D eigenvalue weighted by Crippen LogP contribution is 2.23. The summed E-state index contributed by atoms with van der Waals surface area (Å²) in [7, 11) is 1.65. The van der Waals surface area contributed by atoms with Gasteiger partial charge < -0.3 is 9.64 Å². The van der Waals surface area contributed by atoms with E-state index < -0.39 is 0 Å². The number of amides is 1. The lowest BCUT2D eigenvalue weighted by molar-refractivity contribution is -0.128. The van der Waals surface area contributed by atoms with Gasteiger partial charge in [0, 0.05) is 17.8 Å². The summed E-state index contributed by atoms with van der Waals surface area (Å²) in [5, 5.41) is 0. The van der Waals surface area contributed by atoms with Crippen LogP contribution in [0.15, 0.2) is 24.3 Å². The van der Waals surface area contributed by atoms with Crippen LogP contribution in [0.3, 0.4) is 0 Å². The number of hydrogen-bond donors (Lipinski definition) is 0. The van der Waals surface area contributed by atoms with Gasteiger partial charge in [-0.1, -0.05) is 32.9 Å². The molecule has 0 heterocycles. The summed E-state index contributed by atoms with van der Waals surface area (Å²) in [6.07, 6.45) is 0. The lowest BCUT2D eigenvalue weighted by Crippen LogP contribution is -2.32. The Morgan fingerprint density at radius 3 is 2.30 bits per heavy atom. The van der Waals surface area contributed by atoms with Crippen molar-refractivity contribution in [1.82, 2.24) is 4.90 Å². The molecule has 0 saturated heterocycles. The Morgan fingerprint density at radius 2 is 1.85 bits per heavy atom. The Labute approximate surface area is 126 Å². The van der Waals surface area contributed by atoms with Crippen LogP contribution in [0.1, 0.15) is 33.3 Å². The zero-order chi connectivity index (χ0) is 15.2. The average Bonchev–Trinajstić information content (AvgIpc) is 2.42. The molecule has 0 saturated carbocycles. The van der Waals surface area contributed by atoms with E-state index in [0.29, 0.717) is 12.3 Å². The summed E-state index contributed by atoms with van der Waals surface area (Å²) in [6, 6.07) is 7.87. The number of hydrogen-bond acceptors (Lipinski definition) is 3. The van der Waals surface area contributed by atoms with Crippen LogP contribution in [0.5, 0.6) is 5.75 Å². The summed E-state index contributed by atoms with van der Waals surface area (Å²) >= 11 is 1.69. The quantitative estimate of drug-likeness (QED) is 0.803. The predicted octanol–water partition coefficient (Wildman–Crippen LogP) is 3.58. The first-order valence-electron chi connectivity index (χ1n) is 6.90. The minimum atomic E-state index is 0.120. The first-order valence-corrected chi connectivity index (χ1v) is 7.89. The van der Waals surface area contributed by atoms with Crippen molar-refractivity contribution in [3.8, 4) is 5.75 Å². The lowest BCUT2D eigenvalue weighted by atomic mass is 10.2. The van der Waals surface area contributed by atoms with Crippen LogP contribution >= 0.6 is 11.8 Å². The first-order chi connectivity index (χ1) is 9.35. The van der Waals surface area contributed by atoms with Crippen molar-refractivity contribution in [1.29, 1.82) is 0 Å². The fourth-order valence-corrected chi connectivity index (χ4v) is 2.44. The maximum absolute atomic E-state index is 12.2. The van der Waals surface area contributed by atoms with Crippen molar-refractivity contribution >= 4 is 17.7 Å². The highest BCUT2D eigenvalue weighted by Gasteiger charge is 2.17. The Morgan fingerprint density at radius 1 is 1.25 bits per heavy atom. The molecule has 0 N–H and O–H groups in total. The fraction of sp³-hybridized carbons (Fsp3) is 0.562. The largest absolute Gasteiger partial charge is 0.497 e. The number of rotatable bonds is 6. The molecule has 0 unspecified atom stereocenters. The Kier molecular flexibility index (Phi) is 6.40. The van der Waals surface area contributed by atoms with Crippen LogP contribution in [0.2, 0.25) is 0 Å². The summed E-state index contributed by atoms with van der Waals surface area (Å²) in [5.74, 6) is 1.57. The first kappa shape index (κ1) is 16.9. The molecule has 0 spiro atoms. The lowest BCUT2D eigenvalue weighted by Gasteiger charge is -2.23. The number of carbonyl (C=O) groups is 1. The molecule has 3 nitrogen and oxygen atoms in total. The van der Waals surface area contributed by atoms with Crippen molar-refractivity contribution < 1.29 is 9.53 Å². The normalized spacial score (nSPS) is 11.2. The standard InChI is InChI=1S/C16H25NO2S/c1-6-17(15(18)12-20-16(2,3)4)11-13-7-9-14(19-5)10-8-13/h7-10H,6,11-12H2,1-5H3. The zero-order valence-electron chi connectivity index (χ0n) is 13.1. The van der Waals surface area contributed by atoms with E-state index in [9.17, 15) is 4.79 Å². The SMILES string of the molecule is CCN(Cc1ccc(OC)cc1)C(=O)CSC(C)(C)C. The number of thioether (sulfide) groups is 1. The summed E-state index contributed by atoms with van der Waals surface area (Å²) in [6.45, 7) is 9.79. The van der Waals surface area contributed by atoms with Crippen LogP contribution in [0, 0.1) is 0 Å². The molecule has 0 aliphatic carbocycles. The van der Waals surface area contributed by atoms with Gasteiger partial charge in [-0.3, -0.25) is 4.79 Å². The molecule has 0 fully saturated rings. The predicted molar refractivity (Wildman–Crippen MR) is 86.3 cm³/mol. The third-order valence-corrected chi connectivity index (χ3v) is 4.15. The fourth-order valence-electron chi connectivity index (χ4n) is 1.70. The molecule has 1 aromatic rings. The molecule has 1 amide bonds. The monoisotopic (exact) mass is 295 g/mol. The Balaban J connectivity index is 2.59. The highest BCUT2D eigenvalue weighted by molar-refractivity contribution is 8.01. The molecule has 20 heavy (non-hydrogen) atoms. The van der Waals surface area contributed by atoms with Gasteiger partial charge in [0.1, 0.15) is 5.75 Å². The number of carbonyl (C=O) groups excluding carboxylic acids is 1. The van der Waals surface area contributed by atoms with E-state index in [-0.39, 0.29) is 10.7 Å². The van der Waals surface area contributed by atoms with Gasteiger partial charge >= 0.3 is 0 Å². The molecule has 0 radical (unpaired) electrons. The molecule has 1 aromatic carbocycles. The van der Waals surface area contributed by atoms with Crippen LogP contribution in [-0.4, -0.2) is 35.0 Å². The number of methoxy groups -OCH3 is 1. The molecule has 4 heteroatoms. The number of ether oxygens (including phenoxy) is 1. The minimum Gasteiger partial charge on any atom is -0.497 e. The van der Waals surface area contributed by atoms with E-state index in [1.165, 1.54) is 0 Å². The van der Waals surface area contributed by atoms with Gasteiger partial charge in [0.2, 0.25) is 5.91 Å². The number of benzene rings is 1. The summed E-state index contributed by atoms with van der Waals surface area (Å²) in [4.78, 5) is 14.1. The molecule has 0 bridgehead atoms. The summed E-state index contributed by atoms with van der Waals surface area (Å²) in [5.41, 5.74) is 1.13.